The van der Waals surface area contributed by atoms with Gasteiger partial charge in [-0.3, -0.25) is 9.69 Å². The molecule has 162 valence electrons. The van der Waals surface area contributed by atoms with Gasteiger partial charge in [-0.15, -0.1) is 0 Å². The molecule has 0 radical (unpaired) electrons. The predicted molar refractivity (Wildman–Crippen MR) is 110 cm³/mol. The molecule has 31 heavy (non-hydrogen) atoms. The highest BCUT2D eigenvalue weighted by Gasteiger charge is 2.28. The second-order valence-corrected chi connectivity index (χ2v) is 7.48. The fraction of sp³-hybridized carbons (Fsp3) is 0.304. The molecule has 0 aliphatic carbocycles. The number of hydrogen-bond acceptors (Lipinski definition) is 5. The summed E-state index contributed by atoms with van der Waals surface area (Å²) in [6, 6.07) is 12.5. The van der Waals surface area contributed by atoms with Crippen molar-refractivity contribution in [3.63, 3.8) is 0 Å². The number of ether oxygens (including phenoxy) is 1. The lowest BCUT2D eigenvalue weighted by Crippen LogP contribution is -2.48. The monoisotopic (exact) mass is 427 g/mol. The zero-order chi connectivity index (χ0) is 21.8. The van der Waals surface area contributed by atoms with Gasteiger partial charge in [-0.05, 0) is 36.8 Å². The Morgan fingerprint density at radius 3 is 2.48 bits per heavy atom. The summed E-state index contributed by atoms with van der Waals surface area (Å²) in [5, 5.41) is 3.93. The molecule has 8 heteroatoms. The van der Waals surface area contributed by atoms with E-state index in [0.29, 0.717) is 44.0 Å². The maximum atomic E-state index is 13.8. The lowest BCUT2D eigenvalue weighted by Gasteiger charge is -2.34. The van der Waals surface area contributed by atoms with Gasteiger partial charge in [0.1, 0.15) is 18.2 Å². The highest BCUT2D eigenvalue weighted by Crippen LogP contribution is 2.22. The number of carbonyl (C=O) groups is 1. The Balaban J connectivity index is 1.37. The molecule has 1 aromatic heterocycles. The Hall–Kier alpha value is -3.26. The maximum absolute atomic E-state index is 13.8. The van der Waals surface area contributed by atoms with Crippen LogP contribution in [0.3, 0.4) is 0 Å². The van der Waals surface area contributed by atoms with Crippen molar-refractivity contribution < 1.29 is 22.8 Å². The number of piperazine rings is 1. The van der Waals surface area contributed by atoms with Crippen LogP contribution >= 0.6 is 0 Å². The summed E-state index contributed by atoms with van der Waals surface area (Å²) >= 11 is 0. The average Bonchev–Trinajstić information content (AvgIpc) is 3.15. The van der Waals surface area contributed by atoms with E-state index < -0.39 is 5.82 Å². The molecule has 1 aliphatic rings. The van der Waals surface area contributed by atoms with Crippen LogP contribution < -0.4 is 4.74 Å². The van der Waals surface area contributed by atoms with Crippen LogP contribution in [0.25, 0.3) is 0 Å². The van der Waals surface area contributed by atoms with Gasteiger partial charge in [-0.25, -0.2) is 8.78 Å². The van der Waals surface area contributed by atoms with E-state index in [0.717, 1.165) is 5.56 Å². The first kappa shape index (κ1) is 21.0. The van der Waals surface area contributed by atoms with Gasteiger partial charge < -0.3 is 14.2 Å². The fourth-order valence-electron chi connectivity index (χ4n) is 3.55. The minimum Gasteiger partial charge on any atom is -0.486 e. The van der Waals surface area contributed by atoms with Crippen LogP contribution in [0.5, 0.6) is 5.75 Å². The first-order valence-corrected chi connectivity index (χ1v) is 10.1. The number of aryl methyl sites for hydroxylation is 1. The number of benzene rings is 2. The first-order chi connectivity index (χ1) is 15.0. The number of nitrogens with zero attached hydrogens (tertiary/aromatic N) is 3. The first-order valence-electron chi connectivity index (χ1n) is 10.1. The summed E-state index contributed by atoms with van der Waals surface area (Å²) in [6.45, 7) is 4.86. The van der Waals surface area contributed by atoms with Crippen LogP contribution in [0.1, 0.15) is 27.4 Å². The molecule has 4 rings (SSSR count). The smallest absolute Gasteiger partial charge is 0.276 e. The predicted octanol–water partition coefficient (Wildman–Crippen LogP) is 3.80. The minimum atomic E-state index is -0.471. The van der Waals surface area contributed by atoms with Gasteiger partial charge in [-0.2, -0.15) is 0 Å². The Labute approximate surface area is 179 Å². The van der Waals surface area contributed by atoms with E-state index >= 15 is 0 Å². The number of carbonyl (C=O) groups excluding carboxylic acids is 1. The summed E-state index contributed by atoms with van der Waals surface area (Å²) in [4.78, 5) is 17.0. The van der Waals surface area contributed by atoms with Crippen molar-refractivity contribution in [2.24, 2.45) is 0 Å². The van der Waals surface area contributed by atoms with Gasteiger partial charge in [-0.1, -0.05) is 29.4 Å². The van der Waals surface area contributed by atoms with E-state index in [-0.39, 0.29) is 29.8 Å². The summed E-state index contributed by atoms with van der Waals surface area (Å²) in [6.07, 6.45) is 0. The number of halogens is 2. The molecule has 0 N–H and O–H groups in total. The van der Waals surface area contributed by atoms with Crippen molar-refractivity contribution >= 4 is 5.91 Å². The van der Waals surface area contributed by atoms with Crippen molar-refractivity contribution in [3.05, 3.63) is 82.7 Å². The van der Waals surface area contributed by atoms with Gasteiger partial charge >= 0.3 is 0 Å². The number of hydrogen-bond donors (Lipinski definition) is 0. The highest BCUT2D eigenvalue weighted by molar-refractivity contribution is 5.93. The van der Waals surface area contributed by atoms with Gasteiger partial charge in [0.15, 0.2) is 17.3 Å². The third-order valence-electron chi connectivity index (χ3n) is 5.37. The van der Waals surface area contributed by atoms with E-state index in [1.807, 2.05) is 0 Å². The molecule has 6 nitrogen and oxygen atoms in total. The number of para-hydroxylation sites is 1. The maximum Gasteiger partial charge on any atom is 0.276 e. The minimum absolute atomic E-state index is 0.0120. The summed E-state index contributed by atoms with van der Waals surface area (Å²) in [7, 11) is 0. The molecular formula is C23H23F2N3O3. The highest BCUT2D eigenvalue weighted by atomic mass is 19.1. The molecule has 0 spiro atoms. The molecule has 0 atom stereocenters. The van der Waals surface area contributed by atoms with Crippen LogP contribution in [-0.4, -0.2) is 47.0 Å². The zero-order valence-electron chi connectivity index (χ0n) is 17.2. The Kier molecular flexibility index (Phi) is 6.27. The Morgan fingerprint density at radius 2 is 1.77 bits per heavy atom. The Bertz CT molecular complexity index is 1040. The molecule has 3 aromatic rings. The molecule has 0 unspecified atom stereocenters. The second-order valence-electron chi connectivity index (χ2n) is 7.48. The molecule has 0 bridgehead atoms. The fourth-order valence-corrected chi connectivity index (χ4v) is 3.55. The standard InChI is InChI=1S/C23H23F2N3O3/c1-16-19(15-30-21-5-3-2-4-20(21)25)22(26-31-16)23(29)28-12-10-27(11-13-28)14-17-6-8-18(24)9-7-17/h2-9H,10-15H2,1H3. The zero-order valence-corrected chi connectivity index (χ0v) is 17.2. The second kappa shape index (κ2) is 9.26. The van der Waals surface area contributed by atoms with Crippen molar-refractivity contribution in [2.75, 3.05) is 26.2 Å². The van der Waals surface area contributed by atoms with E-state index in [9.17, 15) is 13.6 Å². The van der Waals surface area contributed by atoms with E-state index in [2.05, 4.69) is 10.1 Å². The lowest BCUT2D eigenvalue weighted by molar-refractivity contribution is 0.0616. The normalized spacial score (nSPS) is 14.6. The number of aromatic nitrogens is 1. The molecule has 2 aromatic carbocycles. The third kappa shape index (κ3) is 4.91. The van der Waals surface area contributed by atoms with Crippen LogP contribution in [0, 0.1) is 18.6 Å². The van der Waals surface area contributed by atoms with Crippen molar-refractivity contribution in [1.29, 1.82) is 0 Å². The van der Waals surface area contributed by atoms with E-state index in [1.54, 1.807) is 36.1 Å². The Morgan fingerprint density at radius 1 is 1.06 bits per heavy atom. The van der Waals surface area contributed by atoms with Crippen LogP contribution in [0.4, 0.5) is 8.78 Å². The third-order valence-corrected chi connectivity index (χ3v) is 5.37. The van der Waals surface area contributed by atoms with Crippen LogP contribution in [0.2, 0.25) is 0 Å². The molecule has 1 fully saturated rings. The number of rotatable bonds is 6. The van der Waals surface area contributed by atoms with E-state index in [4.69, 9.17) is 9.26 Å². The summed E-state index contributed by atoms with van der Waals surface area (Å²) < 4.78 is 37.7. The van der Waals surface area contributed by atoms with Gasteiger partial charge in [0.05, 0.1) is 5.56 Å². The summed E-state index contributed by atoms with van der Waals surface area (Å²) in [5.74, 6) is -0.380. The molecule has 2 heterocycles. The van der Waals surface area contributed by atoms with Crippen molar-refractivity contribution in [3.8, 4) is 5.75 Å². The van der Waals surface area contributed by atoms with Crippen molar-refractivity contribution in [2.45, 2.75) is 20.1 Å². The molecule has 1 amide bonds. The quantitative estimate of drug-likeness (QED) is 0.599. The van der Waals surface area contributed by atoms with Crippen molar-refractivity contribution in [1.82, 2.24) is 15.0 Å². The lowest BCUT2D eigenvalue weighted by atomic mass is 10.1. The average molecular weight is 427 g/mol. The topological polar surface area (TPSA) is 58.8 Å². The van der Waals surface area contributed by atoms with Gasteiger partial charge in [0.25, 0.3) is 5.91 Å². The molecule has 1 aliphatic heterocycles. The molecule has 0 saturated carbocycles. The number of amides is 1. The van der Waals surface area contributed by atoms with Crippen LogP contribution in [0.15, 0.2) is 53.1 Å². The van der Waals surface area contributed by atoms with E-state index in [1.165, 1.54) is 24.3 Å². The summed E-state index contributed by atoms with van der Waals surface area (Å²) in [5.41, 5.74) is 1.74. The SMILES string of the molecule is Cc1onc(C(=O)N2CCN(Cc3ccc(F)cc3)CC2)c1COc1ccccc1F. The largest absolute Gasteiger partial charge is 0.486 e. The van der Waals surface area contributed by atoms with Crippen LogP contribution in [-0.2, 0) is 13.2 Å². The van der Waals surface area contributed by atoms with Gasteiger partial charge in [0.2, 0.25) is 0 Å². The molecule has 1 saturated heterocycles. The van der Waals surface area contributed by atoms with Gasteiger partial charge in [0, 0.05) is 32.7 Å². The molecular weight excluding hydrogens is 404 g/mol.